The Balaban J connectivity index is 1.79. The second kappa shape index (κ2) is 8.89. The SMILES string of the molecule is N#CCc1ccc(NC(=O)C(Sc2ccccc2)c2ccccc2)cc1. The number of rotatable bonds is 6. The number of anilines is 1. The van der Waals surface area contributed by atoms with Crippen LogP contribution in [0.5, 0.6) is 0 Å². The maximum atomic E-state index is 12.9. The number of benzene rings is 3. The largest absolute Gasteiger partial charge is 0.325 e. The van der Waals surface area contributed by atoms with Gasteiger partial charge in [0, 0.05) is 10.6 Å². The Hall–Kier alpha value is -3.03. The molecular formula is C22H18N2OS. The number of nitrogens with one attached hydrogen (secondary N) is 1. The molecule has 0 aliphatic rings. The lowest BCUT2D eigenvalue weighted by Gasteiger charge is -2.17. The Morgan fingerprint density at radius 2 is 1.54 bits per heavy atom. The van der Waals surface area contributed by atoms with Gasteiger partial charge in [0.05, 0.1) is 12.5 Å². The molecule has 4 heteroatoms. The highest BCUT2D eigenvalue weighted by molar-refractivity contribution is 8.00. The first-order chi connectivity index (χ1) is 12.8. The van der Waals surface area contributed by atoms with E-state index in [-0.39, 0.29) is 11.2 Å². The third-order valence-corrected chi connectivity index (χ3v) is 5.11. The number of thioether (sulfide) groups is 1. The highest BCUT2D eigenvalue weighted by Gasteiger charge is 2.22. The van der Waals surface area contributed by atoms with Crippen molar-refractivity contribution in [3.8, 4) is 6.07 Å². The summed E-state index contributed by atoms with van der Waals surface area (Å²) in [5, 5.41) is 11.4. The molecule has 3 aromatic rings. The van der Waals surface area contributed by atoms with E-state index in [1.165, 1.54) is 11.8 Å². The fourth-order valence-electron chi connectivity index (χ4n) is 2.54. The minimum absolute atomic E-state index is 0.0712. The van der Waals surface area contributed by atoms with Crippen LogP contribution in [0.25, 0.3) is 0 Å². The molecule has 26 heavy (non-hydrogen) atoms. The van der Waals surface area contributed by atoms with Gasteiger partial charge < -0.3 is 5.32 Å². The van der Waals surface area contributed by atoms with Crippen LogP contribution in [0, 0.1) is 11.3 Å². The molecular weight excluding hydrogens is 340 g/mol. The first-order valence-corrected chi connectivity index (χ1v) is 9.17. The lowest BCUT2D eigenvalue weighted by atomic mass is 10.1. The summed E-state index contributed by atoms with van der Waals surface area (Å²) in [5.41, 5.74) is 2.62. The minimum Gasteiger partial charge on any atom is -0.325 e. The summed E-state index contributed by atoms with van der Waals surface area (Å²) in [6.45, 7) is 0. The fourth-order valence-corrected chi connectivity index (χ4v) is 3.59. The van der Waals surface area contributed by atoms with Gasteiger partial charge in [-0.2, -0.15) is 5.26 Å². The van der Waals surface area contributed by atoms with Crippen LogP contribution in [-0.2, 0) is 11.2 Å². The van der Waals surface area contributed by atoms with Crippen LogP contribution in [0.4, 0.5) is 5.69 Å². The van der Waals surface area contributed by atoms with Gasteiger partial charge in [0.15, 0.2) is 0 Å². The van der Waals surface area contributed by atoms with Crippen molar-refractivity contribution in [2.75, 3.05) is 5.32 Å². The van der Waals surface area contributed by atoms with Gasteiger partial charge in [0.25, 0.3) is 0 Å². The maximum Gasteiger partial charge on any atom is 0.242 e. The normalized spacial score (nSPS) is 11.3. The number of carbonyl (C=O) groups is 1. The molecule has 0 bridgehead atoms. The highest BCUT2D eigenvalue weighted by atomic mass is 32.2. The molecule has 3 aromatic carbocycles. The van der Waals surface area contributed by atoms with Gasteiger partial charge in [-0.1, -0.05) is 60.7 Å². The van der Waals surface area contributed by atoms with Crippen LogP contribution >= 0.6 is 11.8 Å². The Bertz CT molecular complexity index is 887. The van der Waals surface area contributed by atoms with Crippen molar-refractivity contribution in [3.05, 3.63) is 96.1 Å². The van der Waals surface area contributed by atoms with E-state index >= 15 is 0 Å². The third kappa shape index (κ3) is 4.75. The molecule has 0 aromatic heterocycles. The second-order valence-electron chi connectivity index (χ2n) is 5.74. The zero-order valence-corrected chi connectivity index (χ0v) is 14.9. The summed E-state index contributed by atoms with van der Waals surface area (Å²) >= 11 is 1.53. The van der Waals surface area contributed by atoms with Crippen molar-refractivity contribution in [2.24, 2.45) is 0 Å². The lowest BCUT2D eigenvalue weighted by molar-refractivity contribution is -0.115. The number of nitrogens with zero attached hydrogens (tertiary/aromatic N) is 1. The third-order valence-electron chi connectivity index (χ3n) is 3.84. The van der Waals surface area contributed by atoms with Crippen molar-refractivity contribution in [2.45, 2.75) is 16.6 Å². The lowest BCUT2D eigenvalue weighted by Crippen LogP contribution is -2.19. The summed E-state index contributed by atoms with van der Waals surface area (Å²) in [7, 11) is 0. The summed E-state index contributed by atoms with van der Waals surface area (Å²) in [4.78, 5) is 14.0. The van der Waals surface area contributed by atoms with E-state index in [4.69, 9.17) is 5.26 Å². The Morgan fingerprint density at radius 1 is 0.923 bits per heavy atom. The molecule has 128 valence electrons. The van der Waals surface area contributed by atoms with E-state index < -0.39 is 0 Å². The molecule has 0 saturated carbocycles. The molecule has 0 aliphatic heterocycles. The van der Waals surface area contributed by atoms with Crippen LogP contribution in [0.1, 0.15) is 16.4 Å². The van der Waals surface area contributed by atoms with Crippen LogP contribution in [0.2, 0.25) is 0 Å². The van der Waals surface area contributed by atoms with Crippen molar-refractivity contribution >= 4 is 23.4 Å². The number of hydrogen-bond acceptors (Lipinski definition) is 3. The first-order valence-electron chi connectivity index (χ1n) is 8.29. The minimum atomic E-state index is -0.350. The summed E-state index contributed by atoms with van der Waals surface area (Å²) in [6.07, 6.45) is 0.366. The van der Waals surface area contributed by atoms with E-state index in [2.05, 4.69) is 11.4 Å². The van der Waals surface area contributed by atoms with Gasteiger partial charge >= 0.3 is 0 Å². The quantitative estimate of drug-likeness (QED) is 0.614. The highest BCUT2D eigenvalue weighted by Crippen LogP contribution is 2.36. The van der Waals surface area contributed by atoms with Crippen LogP contribution < -0.4 is 5.32 Å². The average Bonchev–Trinajstić information content (AvgIpc) is 2.69. The Morgan fingerprint density at radius 3 is 2.15 bits per heavy atom. The molecule has 0 saturated heterocycles. The average molecular weight is 358 g/mol. The van der Waals surface area contributed by atoms with E-state index in [9.17, 15) is 4.79 Å². The zero-order chi connectivity index (χ0) is 18.2. The Kier molecular flexibility index (Phi) is 6.08. The van der Waals surface area contributed by atoms with E-state index in [0.29, 0.717) is 6.42 Å². The molecule has 1 N–H and O–H groups in total. The maximum absolute atomic E-state index is 12.9. The van der Waals surface area contributed by atoms with Crippen LogP contribution in [0.15, 0.2) is 89.8 Å². The van der Waals surface area contributed by atoms with Gasteiger partial charge in [0.1, 0.15) is 5.25 Å². The predicted octanol–water partition coefficient (Wildman–Crippen LogP) is 5.22. The molecule has 3 rings (SSSR count). The summed E-state index contributed by atoms with van der Waals surface area (Å²) < 4.78 is 0. The summed E-state index contributed by atoms with van der Waals surface area (Å²) in [6, 6.07) is 29.2. The molecule has 0 radical (unpaired) electrons. The van der Waals surface area contributed by atoms with E-state index in [1.807, 2.05) is 84.9 Å². The van der Waals surface area contributed by atoms with Crippen molar-refractivity contribution in [1.82, 2.24) is 0 Å². The molecule has 0 fully saturated rings. The molecule has 1 amide bonds. The molecule has 0 aliphatic carbocycles. The molecule has 0 heterocycles. The molecule has 1 atom stereocenters. The molecule has 3 nitrogen and oxygen atoms in total. The number of amides is 1. The van der Waals surface area contributed by atoms with Gasteiger partial charge in [-0.15, -0.1) is 11.8 Å². The first kappa shape index (κ1) is 17.8. The van der Waals surface area contributed by atoms with E-state index in [1.54, 1.807) is 0 Å². The van der Waals surface area contributed by atoms with E-state index in [0.717, 1.165) is 21.7 Å². The van der Waals surface area contributed by atoms with Gasteiger partial charge in [-0.3, -0.25) is 4.79 Å². The smallest absolute Gasteiger partial charge is 0.242 e. The standard InChI is InChI=1S/C22H18N2OS/c23-16-15-17-11-13-19(14-12-17)24-22(25)21(18-7-3-1-4-8-18)26-20-9-5-2-6-10-20/h1-14,21H,15H2,(H,24,25). The second-order valence-corrected chi connectivity index (χ2v) is 6.92. The van der Waals surface area contributed by atoms with Crippen molar-refractivity contribution in [1.29, 1.82) is 5.26 Å². The van der Waals surface area contributed by atoms with Gasteiger partial charge in [0.2, 0.25) is 5.91 Å². The monoisotopic (exact) mass is 358 g/mol. The predicted molar refractivity (Wildman–Crippen MR) is 106 cm³/mol. The van der Waals surface area contributed by atoms with Crippen molar-refractivity contribution < 1.29 is 4.79 Å². The molecule has 0 spiro atoms. The molecule has 1 unspecified atom stereocenters. The van der Waals surface area contributed by atoms with Crippen LogP contribution in [-0.4, -0.2) is 5.91 Å². The number of nitriles is 1. The van der Waals surface area contributed by atoms with Gasteiger partial charge in [-0.25, -0.2) is 0 Å². The van der Waals surface area contributed by atoms with Crippen molar-refractivity contribution in [3.63, 3.8) is 0 Å². The van der Waals surface area contributed by atoms with Crippen LogP contribution in [0.3, 0.4) is 0 Å². The fraction of sp³-hybridized carbons (Fsp3) is 0.0909. The number of carbonyl (C=O) groups excluding carboxylic acids is 1. The zero-order valence-electron chi connectivity index (χ0n) is 14.1. The summed E-state index contributed by atoms with van der Waals surface area (Å²) in [5.74, 6) is -0.0712. The Labute approximate surface area is 157 Å². The topological polar surface area (TPSA) is 52.9 Å². The van der Waals surface area contributed by atoms with Gasteiger partial charge in [-0.05, 0) is 35.4 Å². The number of hydrogen-bond donors (Lipinski definition) is 1.